The molecule has 0 aromatic heterocycles. The van der Waals surface area contributed by atoms with Gasteiger partial charge in [-0.05, 0) is 48.0 Å². The normalized spacial score (nSPS) is 18.5. The van der Waals surface area contributed by atoms with Crippen LogP contribution in [-0.4, -0.2) is 36.0 Å². The van der Waals surface area contributed by atoms with Gasteiger partial charge in [0.2, 0.25) is 6.23 Å². The summed E-state index contributed by atoms with van der Waals surface area (Å²) < 4.78 is 19.1. The summed E-state index contributed by atoms with van der Waals surface area (Å²) in [6.45, 7) is 0. The van der Waals surface area contributed by atoms with Crippen LogP contribution in [-0.2, 0) is 0 Å². The van der Waals surface area contributed by atoms with Crippen LogP contribution in [0.2, 0.25) is 0 Å². The molecule has 3 aromatic rings. The number of ether oxygens (including phenoxy) is 3. The van der Waals surface area contributed by atoms with E-state index in [2.05, 4.69) is 31.9 Å². The molecule has 0 spiro atoms. The average molecular weight is 588 g/mol. The number of methoxy groups -OCH3 is 2. The largest absolute Gasteiger partial charge is 0.493 e. The Bertz CT molecular complexity index is 1310. The first kappa shape index (κ1) is 22.7. The fourth-order valence-corrected chi connectivity index (χ4v) is 5.09. The van der Waals surface area contributed by atoms with E-state index in [0.29, 0.717) is 23.5 Å². The minimum atomic E-state index is -1.14. The van der Waals surface area contributed by atoms with Crippen LogP contribution in [0.15, 0.2) is 68.6 Å². The van der Waals surface area contributed by atoms with Crippen molar-refractivity contribution in [3.8, 4) is 17.2 Å². The third kappa shape index (κ3) is 3.82. The number of benzene rings is 3. The maximum atomic E-state index is 12.4. The van der Waals surface area contributed by atoms with Gasteiger partial charge in [0.05, 0.1) is 26.0 Å². The van der Waals surface area contributed by atoms with Crippen molar-refractivity contribution >= 4 is 43.5 Å². The van der Waals surface area contributed by atoms with Crippen LogP contribution in [0, 0.1) is 0 Å². The molecule has 2 aliphatic rings. The zero-order valence-corrected chi connectivity index (χ0v) is 21.5. The molecule has 2 atom stereocenters. The second-order valence-electron chi connectivity index (χ2n) is 7.88. The Hall–Kier alpha value is -3.04. The summed E-state index contributed by atoms with van der Waals surface area (Å²) in [5.74, 6) is 0.0306. The number of fused-ring (bicyclic) bond motifs is 3. The summed E-state index contributed by atoms with van der Waals surface area (Å²) in [6.07, 6.45) is -0.113. The van der Waals surface area contributed by atoms with Gasteiger partial charge in [0.1, 0.15) is 11.3 Å². The summed E-state index contributed by atoms with van der Waals surface area (Å²) in [6, 6.07) is 17.1. The lowest BCUT2D eigenvalue weighted by molar-refractivity contribution is -0.0199. The predicted molar refractivity (Wildman–Crippen MR) is 134 cm³/mol. The van der Waals surface area contributed by atoms with E-state index < -0.39 is 12.2 Å². The van der Waals surface area contributed by atoms with Crippen molar-refractivity contribution in [2.75, 3.05) is 14.2 Å². The van der Waals surface area contributed by atoms with Crippen molar-refractivity contribution in [2.24, 2.45) is 5.10 Å². The molecule has 0 radical (unpaired) electrons. The molecule has 0 unspecified atom stereocenters. The quantitative estimate of drug-likeness (QED) is 0.384. The summed E-state index contributed by atoms with van der Waals surface area (Å²) in [7, 11) is 2.89. The van der Waals surface area contributed by atoms with Gasteiger partial charge >= 0.3 is 5.97 Å². The second-order valence-corrected chi connectivity index (χ2v) is 9.71. The zero-order valence-electron chi connectivity index (χ0n) is 18.3. The number of aromatic carboxylic acids is 1. The molecule has 174 valence electrons. The third-order valence-electron chi connectivity index (χ3n) is 5.99. The van der Waals surface area contributed by atoms with E-state index in [1.54, 1.807) is 12.1 Å². The fraction of sp³-hybridized carbons (Fsp3) is 0.200. The molecular formula is C25H20Br2N2O5. The highest BCUT2D eigenvalue weighted by molar-refractivity contribution is 9.10. The summed E-state index contributed by atoms with van der Waals surface area (Å²) >= 11 is 7.03. The molecular weight excluding hydrogens is 568 g/mol. The Morgan fingerprint density at radius 3 is 2.44 bits per heavy atom. The van der Waals surface area contributed by atoms with Gasteiger partial charge in [-0.3, -0.25) is 0 Å². The molecule has 0 aliphatic carbocycles. The van der Waals surface area contributed by atoms with E-state index in [1.165, 1.54) is 14.2 Å². The topological polar surface area (TPSA) is 80.6 Å². The van der Waals surface area contributed by atoms with E-state index >= 15 is 0 Å². The van der Waals surface area contributed by atoms with Gasteiger partial charge in [0.15, 0.2) is 11.5 Å². The zero-order chi connectivity index (χ0) is 24.0. The van der Waals surface area contributed by atoms with E-state index in [0.717, 1.165) is 25.8 Å². The van der Waals surface area contributed by atoms with Crippen molar-refractivity contribution in [2.45, 2.75) is 18.7 Å². The summed E-state index contributed by atoms with van der Waals surface area (Å²) in [5.41, 5.74) is 3.30. The molecule has 34 heavy (non-hydrogen) atoms. The van der Waals surface area contributed by atoms with Crippen molar-refractivity contribution < 1.29 is 24.1 Å². The standard InChI is InChI=1S/C25H20Br2N2O5/c1-32-21-10-8-16(22(25(30)31)23(21)33-2)24-29-19(17-11-15(27)7-9-20(17)34-24)12-18(28-29)13-3-5-14(26)6-4-13/h3-11,19,24H,12H2,1-2H3,(H,30,31)/t19-,24+/m1/s1. The number of carboxylic acids is 1. The number of hydrogen-bond acceptors (Lipinski definition) is 6. The Morgan fingerprint density at radius 2 is 1.76 bits per heavy atom. The first-order chi connectivity index (χ1) is 16.4. The van der Waals surface area contributed by atoms with Crippen LogP contribution in [0.25, 0.3) is 0 Å². The molecule has 0 saturated heterocycles. The first-order valence-corrected chi connectivity index (χ1v) is 12.1. The van der Waals surface area contributed by atoms with Crippen LogP contribution in [0.4, 0.5) is 0 Å². The Balaban J connectivity index is 1.67. The lowest BCUT2D eigenvalue weighted by Gasteiger charge is -2.38. The number of carbonyl (C=O) groups is 1. The molecule has 7 nitrogen and oxygen atoms in total. The Morgan fingerprint density at radius 1 is 1.03 bits per heavy atom. The van der Waals surface area contributed by atoms with Crippen LogP contribution in [0.3, 0.4) is 0 Å². The van der Waals surface area contributed by atoms with Crippen LogP contribution >= 0.6 is 31.9 Å². The number of carboxylic acid groups (broad SMARTS) is 1. The van der Waals surface area contributed by atoms with Crippen molar-refractivity contribution in [3.63, 3.8) is 0 Å². The van der Waals surface area contributed by atoms with Gasteiger partial charge in [-0.15, -0.1) is 0 Å². The molecule has 0 saturated carbocycles. The number of hydrogen-bond donors (Lipinski definition) is 1. The highest BCUT2D eigenvalue weighted by atomic mass is 79.9. The Kier molecular flexibility index (Phi) is 5.99. The summed E-state index contributed by atoms with van der Waals surface area (Å²) in [4.78, 5) is 12.4. The molecule has 2 heterocycles. The Labute approximate surface area is 213 Å². The molecule has 3 aromatic carbocycles. The second kappa shape index (κ2) is 8.96. The number of nitrogens with zero attached hydrogens (tertiary/aromatic N) is 2. The maximum absolute atomic E-state index is 12.4. The van der Waals surface area contributed by atoms with Gasteiger partial charge < -0.3 is 19.3 Å². The maximum Gasteiger partial charge on any atom is 0.340 e. The lowest BCUT2D eigenvalue weighted by atomic mass is 9.95. The van der Waals surface area contributed by atoms with Gasteiger partial charge in [0.25, 0.3) is 0 Å². The van der Waals surface area contributed by atoms with Gasteiger partial charge in [-0.25, -0.2) is 9.80 Å². The lowest BCUT2D eigenvalue weighted by Crippen LogP contribution is -2.34. The number of rotatable bonds is 5. The van der Waals surface area contributed by atoms with Crippen LogP contribution < -0.4 is 14.2 Å². The highest BCUT2D eigenvalue weighted by Gasteiger charge is 2.43. The van der Waals surface area contributed by atoms with Crippen LogP contribution in [0.5, 0.6) is 17.2 Å². The third-order valence-corrected chi connectivity index (χ3v) is 7.01. The minimum absolute atomic E-state index is 0.0153. The number of hydrazone groups is 1. The first-order valence-electron chi connectivity index (χ1n) is 10.5. The van der Waals surface area contributed by atoms with E-state index in [1.807, 2.05) is 47.5 Å². The molecule has 1 N–H and O–H groups in total. The van der Waals surface area contributed by atoms with E-state index in [4.69, 9.17) is 19.3 Å². The average Bonchev–Trinajstić information content (AvgIpc) is 3.29. The molecule has 2 aliphatic heterocycles. The highest BCUT2D eigenvalue weighted by Crippen LogP contribution is 2.50. The van der Waals surface area contributed by atoms with Crippen LogP contribution in [0.1, 0.15) is 45.7 Å². The van der Waals surface area contributed by atoms with E-state index in [-0.39, 0.29) is 17.4 Å². The molecule has 0 bridgehead atoms. The minimum Gasteiger partial charge on any atom is -0.493 e. The van der Waals surface area contributed by atoms with Crippen molar-refractivity contribution in [3.05, 3.63) is 85.8 Å². The summed E-state index contributed by atoms with van der Waals surface area (Å²) in [5, 5.41) is 16.9. The smallest absolute Gasteiger partial charge is 0.340 e. The SMILES string of the molecule is COc1ccc([C@@H]2Oc3ccc(Br)cc3[C@H]3CC(c4ccc(Br)cc4)=NN32)c(C(=O)O)c1OC. The van der Waals surface area contributed by atoms with Gasteiger partial charge in [-0.2, -0.15) is 5.10 Å². The fourth-order valence-electron chi connectivity index (χ4n) is 4.45. The van der Waals surface area contributed by atoms with Gasteiger partial charge in [-0.1, -0.05) is 44.0 Å². The molecule has 0 amide bonds. The molecule has 5 rings (SSSR count). The monoisotopic (exact) mass is 586 g/mol. The predicted octanol–water partition coefficient (Wildman–Crippen LogP) is 6.17. The molecule has 9 heteroatoms. The molecule has 0 fully saturated rings. The van der Waals surface area contributed by atoms with Crippen molar-refractivity contribution in [1.29, 1.82) is 0 Å². The van der Waals surface area contributed by atoms with Crippen molar-refractivity contribution in [1.82, 2.24) is 5.01 Å². The number of halogens is 2. The van der Waals surface area contributed by atoms with Gasteiger partial charge in [0, 0.05) is 26.5 Å². The van der Waals surface area contributed by atoms with E-state index in [9.17, 15) is 9.90 Å².